The first-order valence-corrected chi connectivity index (χ1v) is 4.34. The first-order chi connectivity index (χ1) is 6.59. The Morgan fingerprint density at radius 2 is 2.00 bits per heavy atom. The molecule has 0 aliphatic rings. The highest BCUT2D eigenvalue weighted by molar-refractivity contribution is 5.91. The predicted octanol–water partition coefficient (Wildman–Crippen LogP) is 1.37. The Morgan fingerprint density at radius 1 is 1.43 bits per heavy atom. The van der Waals surface area contributed by atoms with Crippen molar-refractivity contribution in [3.8, 4) is 5.75 Å². The molecule has 0 unspecified atom stereocenters. The van der Waals surface area contributed by atoms with Gasteiger partial charge in [-0.15, -0.1) is 0 Å². The number of aromatic hydroxyl groups is 1. The maximum atomic E-state index is 10.7. The molecule has 0 atom stereocenters. The highest BCUT2D eigenvalue weighted by Crippen LogP contribution is 2.10. The number of phenols is 1. The average Bonchev–Trinajstić information content (AvgIpc) is 2.16. The Bertz CT molecular complexity index is 352. The van der Waals surface area contributed by atoms with E-state index in [1.807, 2.05) is 0 Å². The van der Waals surface area contributed by atoms with E-state index < -0.39 is 5.91 Å². The number of primary amides is 1. The molecule has 0 radical (unpaired) electrons. The van der Waals surface area contributed by atoms with Crippen LogP contribution in [0.15, 0.2) is 35.9 Å². The van der Waals surface area contributed by atoms with Crippen LogP contribution in [0.3, 0.4) is 0 Å². The summed E-state index contributed by atoms with van der Waals surface area (Å²) < 4.78 is 0. The van der Waals surface area contributed by atoms with Crippen LogP contribution >= 0.6 is 0 Å². The minimum atomic E-state index is -0.399. The first-order valence-electron chi connectivity index (χ1n) is 4.34. The zero-order valence-electron chi connectivity index (χ0n) is 8.03. The lowest BCUT2D eigenvalue weighted by Crippen LogP contribution is -2.11. The highest BCUT2D eigenvalue weighted by atomic mass is 16.3. The highest BCUT2D eigenvalue weighted by Gasteiger charge is 1.96. The number of allylic oxidation sites excluding steroid dienone is 1. The molecule has 0 aromatic heterocycles. The normalized spacial score (nSPS) is 11.4. The van der Waals surface area contributed by atoms with Crippen LogP contribution in [0.25, 0.3) is 0 Å². The molecule has 3 heteroatoms. The summed E-state index contributed by atoms with van der Waals surface area (Å²) in [5.74, 6) is -0.159. The van der Waals surface area contributed by atoms with Crippen molar-refractivity contribution in [1.29, 1.82) is 0 Å². The summed E-state index contributed by atoms with van der Waals surface area (Å²) in [6.45, 7) is 1.68. The van der Waals surface area contributed by atoms with Crippen molar-refractivity contribution in [2.24, 2.45) is 5.73 Å². The van der Waals surface area contributed by atoms with Crippen LogP contribution in [-0.4, -0.2) is 11.0 Å². The number of benzene rings is 1. The van der Waals surface area contributed by atoms with E-state index in [1.54, 1.807) is 37.3 Å². The van der Waals surface area contributed by atoms with Crippen molar-refractivity contribution >= 4 is 5.91 Å². The number of carbonyl (C=O) groups excluding carboxylic acids is 1. The van der Waals surface area contributed by atoms with Crippen LogP contribution in [0.5, 0.6) is 5.75 Å². The summed E-state index contributed by atoms with van der Waals surface area (Å²) in [6, 6.07) is 6.84. The number of hydrogen-bond donors (Lipinski definition) is 2. The molecule has 14 heavy (non-hydrogen) atoms. The topological polar surface area (TPSA) is 63.3 Å². The third-order valence-corrected chi connectivity index (χ3v) is 1.97. The van der Waals surface area contributed by atoms with Crippen LogP contribution in [0.4, 0.5) is 0 Å². The fourth-order valence-electron chi connectivity index (χ4n) is 1.00. The van der Waals surface area contributed by atoms with Crippen LogP contribution in [0.2, 0.25) is 0 Å². The molecule has 1 amide bonds. The minimum absolute atomic E-state index is 0.240. The minimum Gasteiger partial charge on any atom is -0.508 e. The Morgan fingerprint density at radius 3 is 2.50 bits per heavy atom. The largest absolute Gasteiger partial charge is 0.508 e. The number of nitrogens with two attached hydrogens (primary N) is 1. The summed E-state index contributed by atoms with van der Waals surface area (Å²) in [4.78, 5) is 10.7. The van der Waals surface area contributed by atoms with Gasteiger partial charge < -0.3 is 10.8 Å². The van der Waals surface area contributed by atoms with Crippen molar-refractivity contribution in [2.45, 2.75) is 13.3 Å². The molecule has 3 nitrogen and oxygen atoms in total. The van der Waals surface area contributed by atoms with E-state index in [2.05, 4.69) is 0 Å². The molecule has 0 saturated heterocycles. The van der Waals surface area contributed by atoms with Gasteiger partial charge in [0.05, 0.1) is 0 Å². The number of carbonyl (C=O) groups is 1. The fraction of sp³-hybridized carbons (Fsp3) is 0.182. The lowest BCUT2D eigenvalue weighted by atomic mass is 10.1. The van der Waals surface area contributed by atoms with Gasteiger partial charge in [0.25, 0.3) is 0 Å². The number of amides is 1. The van der Waals surface area contributed by atoms with Crippen LogP contribution in [0.1, 0.15) is 12.5 Å². The molecule has 3 N–H and O–H groups in total. The Kier molecular flexibility index (Phi) is 3.29. The van der Waals surface area contributed by atoms with E-state index in [9.17, 15) is 4.79 Å². The number of hydrogen-bond acceptors (Lipinski definition) is 2. The first kappa shape index (κ1) is 10.3. The van der Waals surface area contributed by atoms with E-state index in [0.717, 1.165) is 5.56 Å². The van der Waals surface area contributed by atoms with Gasteiger partial charge in [-0.3, -0.25) is 4.79 Å². The van der Waals surface area contributed by atoms with Crippen molar-refractivity contribution in [3.05, 3.63) is 41.5 Å². The van der Waals surface area contributed by atoms with Gasteiger partial charge in [-0.2, -0.15) is 0 Å². The van der Waals surface area contributed by atoms with Crippen molar-refractivity contribution in [1.82, 2.24) is 0 Å². The van der Waals surface area contributed by atoms with Gasteiger partial charge in [0.1, 0.15) is 5.75 Å². The lowest BCUT2D eigenvalue weighted by molar-refractivity contribution is -0.114. The van der Waals surface area contributed by atoms with Crippen molar-refractivity contribution in [2.75, 3.05) is 0 Å². The van der Waals surface area contributed by atoms with E-state index >= 15 is 0 Å². The van der Waals surface area contributed by atoms with Gasteiger partial charge in [0.2, 0.25) is 5.91 Å². The molecule has 0 spiro atoms. The SMILES string of the molecule is C/C(=C\Cc1ccc(O)cc1)C(N)=O. The van der Waals surface area contributed by atoms with Crippen molar-refractivity contribution < 1.29 is 9.90 Å². The molecular weight excluding hydrogens is 178 g/mol. The lowest BCUT2D eigenvalue weighted by Gasteiger charge is -1.98. The number of rotatable bonds is 3. The van der Waals surface area contributed by atoms with Gasteiger partial charge in [0.15, 0.2) is 0 Å². The summed E-state index contributed by atoms with van der Waals surface area (Å²) in [5.41, 5.74) is 6.66. The fourth-order valence-corrected chi connectivity index (χ4v) is 1.00. The standard InChI is InChI=1S/C11H13NO2/c1-8(11(12)14)2-3-9-4-6-10(13)7-5-9/h2,4-7,13H,3H2,1H3,(H2,12,14)/b8-2+. The molecule has 1 aromatic rings. The zero-order valence-corrected chi connectivity index (χ0v) is 8.03. The maximum absolute atomic E-state index is 10.7. The van der Waals surface area contributed by atoms with E-state index in [-0.39, 0.29) is 5.75 Å². The molecule has 0 bridgehead atoms. The molecule has 0 heterocycles. The maximum Gasteiger partial charge on any atom is 0.244 e. The smallest absolute Gasteiger partial charge is 0.244 e. The van der Waals surface area contributed by atoms with Crippen LogP contribution in [-0.2, 0) is 11.2 Å². The molecule has 0 fully saturated rings. The van der Waals surface area contributed by atoms with Crippen molar-refractivity contribution in [3.63, 3.8) is 0 Å². The zero-order chi connectivity index (χ0) is 10.6. The number of phenolic OH excluding ortho intramolecular Hbond substituents is 1. The molecular formula is C11H13NO2. The Labute approximate surface area is 82.9 Å². The molecule has 1 aromatic carbocycles. The van der Waals surface area contributed by atoms with E-state index in [4.69, 9.17) is 10.8 Å². The molecule has 1 rings (SSSR count). The monoisotopic (exact) mass is 191 g/mol. The van der Waals surface area contributed by atoms with Gasteiger partial charge in [-0.05, 0) is 31.0 Å². The molecule has 0 saturated carbocycles. The summed E-state index contributed by atoms with van der Waals surface area (Å²) in [7, 11) is 0. The second-order valence-corrected chi connectivity index (χ2v) is 3.12. The second-order valence-electron chi connectivity index (χ2n) is 3.12. The quantitative estimate of drug-likeness (QED) is 0.709. The third kappa shape index (κ3) is 2.94. The third-order valence-electron chi connectivity index (χ3n) is 1.97. The summed E-state index contributed by atoms with van der Waals surface area (Å²) >= 11 is 0. The Balaban J connectivity index is 2.66. The molecule has 74 valence electrons. The molecule has 0 aliphatic heterocycles. The van der Waals surface area contributed by atoms with E-state index in [1.165, 1.54) is 0 Å². The van der Waals surface area contributed by atoms with Crippen LogP contribution in [0, 0.1) is 0 Å². The van der Waals surface area contributed by atoms with Gasteiger partial charge in [-0.25, -0.2) is 0 Å². The summed E-state index contributed by atoms with van der Waals surface area (Å²) in [6.07, 6.45) is 2.42. The summed E-state index contributed by atoms with van der Waals surface area (Å²) in [5, 5.41) is 9.03. The Hall–Kier alpha value is -1.77. The predicted molar refractivity (Wildman–Crippen MR) is 54.8 cm³/mol. The van der Waals surface area contributed by atoms with Gasteiger partial charge in [0, 0.05) is 5.57 Å². The average molecular weight is 191 g/mol. The van der Waals surface area contributed by atoms with Gasteiger partial charge in [-0.1, -0.05) is 18.2 Å². The van der Waals surface area contributed by atoms with Crippen LogP contribution < -0.4 is 5.73 Å². The van der Waals surface area contributed by atoms with E-state index in [0.29, 0.717) is 12.0 Å². The molecule has 0 aliphatic carbocycles. The van der Waals surface area contributed by atoms with Gasteiger partial charge >= 0.3 is 0 Å². The second kappa shape index (κ2) is 4.46.